The highest BCUT2D eigenvalue weighted by Crippen LogP contribution is 2.29. The molecule has 0 aliphatic carbocycles. The molecule has 1 N–H and O–H groups in total. The van der Waals surface area contributed by atoms with Crippen LogP contribution in [0.1, 0.15) is 43.7 Å². The molecule has 0 bridgehead atoms. The SMILES string of the molecule is C=C/C(=C\N(C)C)c1cccc(C2=N/C(C(=N)CCC(F)(F)F)=C(C3=CC(C)N=C3)\C=C/CC2)c1. The number of aliphatic imine (C=N–C) groups is 2. The number of halogens is 3. The van der Waals surface area contributed by atoms with Crippen LogP contribution in [-0.4, -0.2) is 48.9 Å². The fourth-order valence-corrected chi connectivity index (χ4v) is 3.91. The molecule has 4 nitrogen and oxygen atoms in total. The van der Waals surface area contributed by atoms with Gasteiger partial charge in [0.1, 0.15) is 0 Å². The zero-order valence-electron chi connectivity index (χ0n) is 20.4. The molecule has 0 radical (unpaired) electrons. The summed E-state index contributed by atoms with van der Waals surface area (Å²) in [7, 11) is 3.87. The summed E-state index contributed by atoms with van der Waals surface area (Å²) in [6.07, 6.45) is 6.75. The Morgan fingerprint density at radius 1 is 1.29 bits per heavy atom. The van der Waals surface area contributed by atoms with Crippen LogP contribution in [0.25, 0.3) is 5.57 Å². The quantitative estimate of drug-likeness (QED) is 0.318. The fraction of sp³-hybridized carbons (Fsp3) is 0.321. The largest absolute Gasteiger partial charge is 0.389 e. The minimum Gasteiger partial charge on any atom is -0.383 e. The van der Waals surface area contributed by atoms with Gasteiger partial charge in [0, 0.05) is 44.2 Å². The van der Waals surface area contributed by atoms with Gasteiger partial charge in [-0.1, -0.05) is 49.1 Å². The lowest BCUT2D eigenvalue weighted by Gasteiger charge is -2.17. The number of hydrogen-bond donors (Lipinski definition) is 1. The average Bonchev–Trinajstić information content (AvgIpc) is 3.21. The first-order chi connectivity index (χ1) is 16.6. The number of hydrogen-bond acceptors (Lipinski definition) is 4. The highest BCUT2D eigenvalue weighted by atomic mass is 19.4. The van der Waals surface area contributed by atoms with Crippen molar-refractivity contribution in [2.75, 3.05) is 14.1 Å². The minimum atomic E-state index is -4.34. The van der Waals surface area contributed by atoms with Crippen LogP contribution in [0.3, 0.4) is 0 Å². The van der Waals surface area contributed by atoms with Crippen molar-refractivity contribution < 1.29 is 13.2 Å². The molecule has 0 amide bonds. The average molecular weight is 481 g/mol. The fourth-order valence-electron chi connectivity index (χ4n) is 3.91. The Balaban J connectivity index is 2.11. The van der Waals surface area contributed by atoms with Crippen molar-refractivity contribution in [2.24, 2.45) is 9.98 Å². The lowest BCUT2D eigenvalue weighted by atomic mass is 9.95. The summed E-state index contributed by atoms with van der Waals surface area (Å²) < 4.78 is 38.9. The van der Waals surface area contributed by atoms with Gasteiger partial charge in [0.25, 0.3) is 0 Å². The standard InChI is InChI=1S/C28H31F3N4/c1-5-20(18-35(3)4)21-9-8-10-22(16-21)26-12-7-6-11-24(23-15-19(2)33-17-23)27(34-26)25(32)13-14-28(29,30)31/h5-6,8-11,15-19,32H,1,7,12-14H2,2-4H3/b11-6-,20-18+,27-24+,32-25?,34-26?. The molecule has 0 saturated carbocycles. The number of nitrogens with zero attached hydrogens (tertiary/aromatic N) is 3. The van der Waals surface area contributed by atoms with Gasteiger partial charge in [-0.15, -0.1) is 0 Å². The molecule has 184 valence electrons. The van der Waals surface area contributed by atoms with Gasteiger partial charge in [0.15, 0.2) is 0 Å². The van der Waals surface area contributed by atoms with Crippen LogP contribution in [0.4, 0.5) is 13.2 Å². The molecule has 0 fully saturated rings. The van der Waals surface area contributed by atoms with Crippen LogP contribution < -0.4 is 0 Å². The van der Waals surface area contributed by atoms with Crippen molar-refractivity contribution >= 4 is 23.2 Å². The number of alkyl halides is 3. The molecule has 7 heteroatoms. The van der Waals surface area contributed by atoms with Gasteiger partial charge in [-0.3, -0.25) is 9.98 Å². The second-order valence-corrected chi connectivity index (χ2v) is 8.83. The van der Waals surface area contributed by atoms with Crippen LogP contribution in [0, 0.1) is 5.41 Å². The summed E-state index contributed by atoms with van der Waals surface area (Å²) in [6.45, 7) is 5.85. The van der Waals surface area contributed by atoms with Crippen molar-refractivity contribution in [3.05, 3.63) is 89.3 Å². The van der Waals surface area contributed by atoms with Crippen molar-refractivity contribution in [1.29, 1.82) is 5.41 Å². The van der Waals surface area contributed by atoms with Crippen molar-refractivity contribution in [3.8, 4) is 0 Å². The Bertz CT molecular complexity index is 1160. The van der Waals surface area contributed by atoms with E-state index in [1.807, 2.05) is 74.6 Å². The zero-order valence-corrected chi connectivity index (χ0v) is 20.4. The van der Waals surface area contributed by atoms with Gasteiger partial charge in [0.2, 0.25) is 0 Å². The predicted octanol–water partition coefficient (Wildman–Crippen LogP) is 6.93. The summed E-state index contributed by atoms with van der Waals surface area (Å²) in [5.74, 6) is 0. The smallest absolute Gasteiger partial charge is 0.383 e. The summed E-state index contributed by atoms with van der Waals surface area (Å²) in [5, 5.41) is 8.55. The van der Waals surface area contributed by atoms with Gasteiger partial charge in [-0.25, -0.2) is 0 Å². The molecule has 3 rings (SSSR count). The van der Waals surface area contributed by atoms with E-state index in [-0.39, 0.29) is 17.5 Å². The number of benzene rings is 1. The first-order valence-electron chi connectivity index (χ1n) is 11.6. The Hall–Kier alpha value is -3.48. The van der Waals surface area contributed by atoms with Crippen LogP contribution >= 0.6 is 0 Å². The van der Waals surface area contributed by atoms with E-state index in [1.165, 1.54) is 0 Å². The molecule has 0 aromatic heterocycles. The van der Waals surface area contributed by atoms with Gasteiger partial charge < -0.3 is 10.3 Å². The molecule has 1 aromatic carbocycles. The molecule has 0 spiro atoms. The number of rotatable bonds is 8. The zero-order chi connectivity index (χ0) is 25.6. The van der Waals surface area contributed by atoms with Crippen molar-refractivity contribution in [2.45, 2.75) is 44.8 Å². The van der Waals surface area contributed by atoms with E-state index in [0.717, 1.165) is 34.4 Å². The van der Waals surface area contributed by atoms with E-state index in [0.29, 0.717) is 12.0 Å². The summed E-state index contributed by atoms with van der Waals surface area (Å²) >= 11 is 0. The topological polar surface area (TPSA) is 51.8 Å². The monoisotopic (exact) mass is 480 g/mol. The van der Waals surface area contributed by atoms with Gasteiger partial charge >= 0.3 is 6.18 Å². The van der Waals surface area contributed by atoms with E-state index in [4.69, 9.17) is 10.4 Å². The first kappa shape index (κ1) is 26.1. The van der Waals surface area contributed by atoms with Crippen LogP contribution in [0.2, 0.25) is 0 Å². The van der Waals surface area contributed by atoms with Gasteiger partial charge in [0.05, 0.1) is 17.5 Å². The Morgan fingerprint density at radius 3 is 2.69 bits per heavy atom. The molecule has 1 aromatic rings. The van der Waals surface area contributed by atoms with E-state index in [1.54, 1.807) is 12.3 Å². The van der Waals surface area contributed by atoms with E-state index in [2.05, 4.69) is 11.6 Å². The number of allylic oxidation sites excluding steroid dienone is 7. The highest BCUT2D eigenvalue weighted by molar-refractivity contribution is 6.08. The minimum absolute atomic E-state index is 0.0251. The summed E-state index contributed by atoms with van der Waals surface area (Å²) in [6, 6.07) is 7.85. The maximum atomic E-state index is 13.0. The molecule has 2 aliphatic heterocycles. The normalized spacial score (nSPS) is 21.7. The predicted molar refractivity (Wildman–Crippen MR) is 139 cm³/mol. The molecule has 1 unspecified atom stereocenters. The van der Waals surface area contributed by atoms with Crippen LogP contribution in [-0.2, 0) is 0 Å². The summed E-state index contributed by atoms with van der Waals surface area (Å²) in [4.78, 5) is 11.1. The summed E-state index contributed by atoms with van der Waals surface area (Å²) in [5.41, 5.74) is 5.06. The maximum absolute atomic E-state index is 13.0. The third kappa shape index (κ3) is 7.25. The maximum Gasteiger partial charge on any atom is 0.389 e. The van der Waals surface area contributed by atoms with Crippen molar-refractivity contribution in [1.82, 2.24) is 4.90 Å². The molecule has 35 heavy (non-hydrogen) atoms. The Kier molecular flexibility index (Phi) is 8.43. The third-order valence-corrected chi connectivity index (χ3v) is 5.61. The lowest BCUT2D eigenvalue weighted by molar-refractivity contribution is -0.132. The molecule has 1 atom stereocenters. The molecule has 2 aliphatic rings. The third-order valence-electron chi connectivity index (χ3n) is 5.61. The van der Waals surface area contributed by atoms with E-state index < -0.39 is 19.0 Å². The molecule has 2 heterocycles. The second kappa shape index (κ2) is 11.3. The van der Waals surface area contributed by atoms with E-state index >= 15 is 0 Å². The van der Waals surface area contributed by atoms with Crippen LogP contribution in [0.5, 0.6) is 0 Å². The Morgan fingerprint density at radius 2 is 2.06 bits per heavy atom. The first-order valence-corrected chi connectivity index (χ1v) is 11.6. The lowest BCUT2D eigenvalue weighted by Crippen LogP contribution is -2.14. The van der Waals surface area contributed by atoms with Gasteiger partial charge in [-0.2, -0.15) is 13.2 Å². The van der Waals surface area contributed by atoms with E-state index in [9.17, 15) is 13.2 Å². The molecule has 0 saturated heterocycles. The number of nitrogens with one attached hydrogen (secondary N) is 1. The van der Waals surface area contributed by atoms with Gasteiger partial charge in [-0.05, 0) is 54.5 Å². The van der Waals surface area contributed by atoms with Crippen molar-refractivity contribution in [3.63, 3.8) is 0 Å². The Labute approximate surface area is 205 Å². The molecular weight excluding hydrogens is 449 g/mol. The second-order valence-electron chi connectivity index (χ2n) is 8.83. The highest BCUT2D eigenvalue weighted by Gasteiger charge is 2.28. The molecular formula is C28H31F3N4. The van der Waals surface area contributed by atoms with Crippen LogP contribution in [0.15, 0.2) is 88.2 Å².